The van der Waals surface area contributed by atoms with Crippen LogP contribution in [0, 0.1) is 0 Å². The largest absolute Gasteiger partial charge is 0.508 e. The first kappa shape index (κ1) is 16.1. The molecule has 0 fully saturated rings. The van der Waals surface area contributed by atoms with Gasteiger partial charge in [0, 0.05) is 34.6 Å². The van der Waals surface area contributed by atoms with Crippen molar-refractivity contribution >= 4 is 11.4 Å². The van der Waals surface area contributed by atoms with E-state index in [0.29, 0.717) is 11.5 Å². The summed E-state index contributed by atoms with van der Waals surface area (Å²) in [6.45, 7) is 0. The molecule has 2 aliphatic rings. The highest BCUT2D eigenvalue weighted by Crippen LogP contribution is 2.60. The molecule has 2 heterocycles. The number of fused-ring (bicyclic) bond motifs is 8. The molecule has 29 heavy (non-hydrogen) atoms. The molecule has 0 unspecified atom stereocenters. The molecular weight excluding hydrogens is 362 g/mol. The fraction of sp³-hybridized carbons (Fsp3) is 0.0400. The van der Waals surface area contributed by atoms with Crippen LogP contribution >= 0.6 is 0 Å². The molecule has 2 aliphatic heterocycles. The van der Waals surface area contributed by atoms with E-state index in [1.165, 1.54) is 0 Å². The standard InChI is InChI=1S/C25H17NO3/c27-15-9-11-19-23(13-15)29-24-14-16(28)10-12-20(24)25(19)17-5-1-3-7-21(17)26-22-8-4-2-6-18(22)25/h1-14,26-28H. The fourth-order valence-electron chi connectivity index (χ4n) is 4.78. The van der Waals surface area contributed by atoms with Crippen LogP contribution in [0.5, 0.6) is 23.0 Å². The van der Waals surface area contributed by atoms with E-state index in [9.17, 15) is 10.2 Å². The second kappa shape index (κ2) is 5.55. The summed E-state index contributed by atoms with van der Waals surface area (Å²) in [5, 5.41) is 23.8. The van der Waals surface area contributed by atoms with Crippen molar-refractivity contribution in [2.75, 3.05) is 5.32 Å². The normalized spacial score (nSPS) is 14.6. The Kier molecular flexibility index (Phi) is 3.08. The van der Waals surface area contributed by atoms with Crippen LogP contribution < -0.4 is 10.1 Å². The quantitative estimate of drug-likeness (QED) is 0.319. The van der Waals surface area contributed by atoms with Gasteiger partial charge >= 0.3 is 0 Å². The van der Waals surface area contributed by atoms with Crippen LogP contribution in [-0.2, 0) is 5.41 Å². The van der Waals surface area contributed by atoms with Gasteiger partial charge in [-0.1, -0.05) is 48.5 Å². The SMILES string of the molecule is Oc1ccc2c(c1)Oc1cc(O)ccc1C21c2ccccc2Nc2ccccc21. The number of benzene rings is 4. The van der Waals surface area contributed by atoms with Crippen LogP contribution in [-0.4, -0.2) is 10.2 Å². The molecule has 1 spiro atoms. The van der Waals surface area contributed by atoms with Crippen molar-refractivity contribution < 1.29 is 14.9 Å². The van der Waals surface area contributed by atoms with E-state index in [0.717, 1.165) is 33.6 Å². The van der Waals surface area contributed by atoms with E-state index in [1.54, 1.807) is 24.3 Å². The summed E-state index contributed by atoms with van der Waals surface area (Å²) in [6, 6.07) is 27.0. The van der Waals surface area contributed by atoms with Gasteiger partial charge in [-0.2, -0.15) is 0 Å². The third-order valence-corrected chi connectivity index (χ3v) is 5.89. The fourth-order valence-corrected chi connectivity index (χ4v) is 4.78. The van der Waals surface area contributed by atoms with Gasteiger partial charge in [-0.25, -0.2) is 0 Å². The number of anilines is 2. The molecule has 0 saturated carbocycles. The maximum atomic E-state index is 10.1. The zero-order chi connectivity index (χ0) is 19.6. The van der Waals surface area contributed by atoms with Gasteiger partial charge < -0.3 is 20.3 Å². The summed E-state index contributed by atoms with van der Waals surface area (Å²) in [5.41, 5.74) is 5.51. The molecule has 0 aliphatic carbocycles. The van der Waals surface area contributed by atoms with Gasteiger partial charge in [0.2, 0.25) is 0 Å². The average Bonchev–Trinajstić information content (AvgIpc) is 2.73. The molecule has 0 amide bonds. The van der Waals surface area contributed by atoms with Crippen molar-refractivity contribution in [1.29, 1.82) is 0 Å². The van der Waals surface area contributed by atoms with Gasteiger partial charge in [0.05, 0.1) is 5.41 Å². The molecule has 4 nitrogen and oxygen atoms in total. The smallest absolute Gasteiger partial charge is 0.135 e. The lowest BCUT2D eigenvalue weighted by molar-refractivity contribution is 0.415. The van der Waals surface area contributed by atoms with E-state index in [-0.39, 0.29) is 11.5 Å². The predicted octanol–water partition coefficient (Wildman–Crippen LogP) is 5.64. The number of ether oxygens (including phenoxy) is 1. The molecule has 3 N–H and O–H groups in total. The molecule has 4 heteroatoms. The first-order valence-electron chi connectivity index (χ1n) is 9.49. The number of phenolic OH excluding ortho intramolecular Hbond substituents is 2. The summed E-state index contributed by atoms with van der Waals surface area (Å²) in [7, 11) is 0. The van der Waals surface area contributed by atoms with Crippen molar-refractivity contribution in [3.63, 3.8) is 0 Å². The van der Waals surface area contributed by atoms with Crippen LogP contribution in [0.4, 0.5) is 11.4 Å². The average molecular weight is 379 g/mol. The maximum absolute atomic E-state index is 10.1. The highest BCUT2D eigenvalue weighted by atomic mass is 16.5. The lowest BCUT2D eigenvalue weighted by atomic mass is 9.61. The minimum Gasteiger partial charge on any atom is -0.508 e. The second-order valence-corrected chi connectivity index (χ2v) is 7.43. The minimum atomic E-state index is -0.636. The van der Waals surface area contributed by atoms with Gasteiger partial charge in [0.15, 0.2) is 0 Å². The molecular formula is C25H17NO3. The third-order valence-electron chi connectivity index (χ3n) is 5.89. The number of hydrogen-bond acceptors (Lipinski definition) is 4. The third kappa shape index (κ3) is 2.03. The molecule has 0 aromatic heterocycles. The highest BCUT2D eigenvalue weighted by Gasteiger charge is 2.49. The molecule has 0 saturated heterocycles. The van der Waals surface area contributed by atoms with Gasteiger partial charge in [-0.15, -0.1) is 0 Å². The number of para-hydroxylation sites is 2. The number of hydrogen-bond donors (Lipinski definition) is 3. The molecule has 0 radical (unpaired) electrons. The molecule has 4 aromatic carbocycles. The Morgan fingerprint density at radius 2 is 1.07 bits per heavy atom. The Hall–Kier alpha value is -3.92. The summed E-state index contributed by atoms with van der Waals surface area (Å²) < 4.78 is 6.16. The molecule has 0 atom stereocenters. The topological polar surface area (TPSA) is 61.7 Å². The zero-order valence-electron chi connectivity index (χ0n) is 15.4. The van der Waals surface area contributed by atoms with Crippen LogP contribution in [0.2, 0.25) is 0 Å². The molecule has 4 aromatic rings. The van der Waals surface area contributed by atoms with Gasteiger partial charge in [0.1, 0.15) is 23.0 Å². The molecule has 140 valence electrons. The van der Waals surface area contributed by atoms with Crippen LogP contribution in [0.25, 0.3) is 0 Å². The first-order chi connectivity index (χ1) is 14.2. The van der Waals surface area contributed by atoms with E-state index >= 15 is 0 Å². The Labute approximate surface area is 167 Å². The summed E-state index contributed by atoms with van der Waals surface area (Å²) in [6.07, 6.45) is 0. The predicted molar refractivity (Wildman–Crippen MR) is 111 cm³/mol. The van der Waals surface area contributed by atoms with Crippen molar-refractivity contribution in [2.24, 2.45) is 0 Å². The van der Waals surface area contributed by atoms with Gasteiger partial charge in [0.25, 0.3) is 0 Å². The van der Waals surface area contributed by atoms with Crippen molar-refractivity contribution in [2.45, 2.75) is 5.41 Å². The Bertz CT molecular complexity index is 1200. The van der Waals surface area contributed by atoms with Gasteiger partial charge in [-0.3, -0.25) is 0 Å². The Morgan fingerprint density at radius 3 is 1.59 bits per heavy atom. The lowest BCUT2D eigenvalue weighted by Crippen LogP contribution is -2.37. The van der Waals surface area contributed by atoms with Crippen LogP contribution in [0.15, 0.2) is 84.9 Å². The zero-order valence-corrected chi connectivity index (χ0v) is 15.4. The Morgan fingerprint density at radius 1 is 0.586 bits per heavy atom. The number of aromatic hydroxyl groups is 2. The first-order valence-corrected chi connectivity index (χ1v) is 9.49. The summed E-state index contributed by atoms with van der Waals surface area (Å²) >= 11 is 0. The number of phenols is 2. The number of nitrogens with one attached hydrogen (secondary N) is 1. The minimum absolute atomic E-state index is 0.137. The maximum Gasteiger partial charge on any atom is 0.135 e. The van der Waals surface area contributed by atoms with E-state index in [2.05, 4.69) is 29.6 Å². The summed E-state index contributed by atoms with van der Waals surface area (Å²) in [4.78, 5) is 0. The van der Waals surface area contributed by atoms with Crippen LogP contribution in [0.1, 0.15) is 22.3 Å². The second-order valence-electron chi connectivity index (χ2n) is 7.43. The van der Waals surface area contributed by atoms with E-state index in [4.69, 9.17) is 4.74 Å². The van der Waals surface area contributed by atoms with Crippen molar-refractivity contribution in [1.82, 2.24) is 0 Å². The van der Waals surface area contributed by atoms with Crippen molar-refractivity contribution in [3.05, 3.63) is 107 Å². The monoisotopic (exact) mass is 379 g/mol. The summed E-state index contributed by atoms with van der Waals surface area (Å²) in [5.74, 6) is 1.43. The van der Waals surface area contributed by atoms with E-state index in [1.807, 2.05) is 36.4 Å². The van der Waals surface area contributed by atoms with Gasteiger partial charge in [-0.05, 0) is 35.4 Å². The Balaban J connectivity index is 1.84. The van der Waals surface area contributed by atoms with Crippen LogP contribution in [0.3, 0.4) is 0 Å². The molecule has 6 rings (SSSR count). The van der Waals surface area contributed by atoms with E-state index < -0.39 is 5.41 Å². The molecule has 0 bridgehead atoms. The highest BCUT2D eigenvalue weighted by molar-refractivity contribution is 5.84. The van der Waals surface area contributed by atoms with Crippen molar-refractivity contribution in [3.8, 4) is 23.0 Å². The lowest BCUT2D eigenvalue weighted by Gasteiger charge is -2.45. The number of rotatable bonds is 0.